The molecule has 0 aromatic carbocycles. The third-order valence-electron chi connectivity index (χ3n) is 4.02. The lowest BCUT2D eigenvalue weighted by Gasteiger charge is -2.39. The summed E-state index contributed by atoms with van der Waals surface area (Å²) in [6.07, 6.45) is 1.85. The Kier molecular flexibility index (Phi) is 1.22. The van der Waals surface area contributed by atoms with Crippen molar-refractivity contribution in [3.63, 3.8) is 0 Å². The van der Waals surface area contributed by atoms with Gasteiger partial charge < -0.3 is 10.2 Å². The molecule has 0 aromatic heterocycles. The van der Waals surface area contributed by atoms with Gasteiger partial charge in [0.1, 0.15) is 0 Å². The molecule has 2 rings (SSSR count). The van der Waals surface area contributed by atoms with Crippen molar-refractivity contribution < 1.29 is 10.2 Å². The Hall–Kier alpha value is -0.340. The van der Waals surface area contributed by atoms with Crippen LogP contribution in [0.1, 0.15) is 33.1 Å². The van der Waals surface area contributed by atoms with Gasteiger partial charge in [0.15, 0.2) is 0 Å². The summed E-state index contributed by atoms with van der Waals surface area (Å²) in [7, 11) is 0. The molecule has 2 aliphatic rings. The molecule has 0 amide bonds. The molecule has 0 heterocycles. The quantitative estimate of drug-likeness (QED) is 0.534. The first-order chi connectivity index (χ1) is 5.32. The fraction of sp³-hybridized carbons (Fsp3) is 0.800. The van der Waals surface area contributed by atoms with E-state index in [1.165, 1.54) is 0 Å². The van der Waals surface area contributed by atoms with E-state index in [2.05, 4.69) is 6.58 Å². The SMILES string of the molecule is C=C1C2(O)CCC(O)(C2)C1(C)C. The third kappa shape index (κ3) is 0.639. The standard InChI is InChI=1S/C10H16O2/c1-7-8(2,3)10(12)5-4-9(7,11)6-10/h11-12H,1,4-6H2,2-3H3. The van der Waals surface area contributed by atoms with E-state index in [0.29, 0.717) is 19.3 Å². The van der Waals surface area contributed by atoms with Crippen LogP contribution in [0.15, 0.2) is 12.2 Å². The van der Waals surface area contributed by atoms with Crippen molar-refractivity contribution in [2.45, 2.75) is 44.3 Å². The molecule has 68 valence electrons. The Morgan fingerprint density at radius 3 is 2.08 bits per heavy atom. The van der Waals surface area contributed by atoms with E-state index in [1.54, 1.807) is 0 Å². The van der Waals surface area contributed by atoms with Crippen molar-refractivity contribution in [3.8, 4) is 0 Å². The van der Waals surface area contributed by atoms with Crippen molar-refractivity contribution in [3.05, 3.63) is 12.2 Å². The first kappa shape index (κ1) is 8.27. The highest BCUT2D eigenvalue weighted by Crippen LogP contribution is 2.62. The summed E-state index contributed by atoms with van der Waals surface area (Å²) in [6.45, 7) is 7.83. The average Bonchev–Trinajstić information content (AvgIpc) is 2.32. The van der Waals surface area contributed by atoms with Crippen LogP contribution in [-0.2, 0) is 0 Å². The van der Waals surface area contributed by atoms with Crippen molar-refractivity contribution in [1.29, 1.82) is 0 Å². The van der Waals surface area contributed by atoms with E-state index < -0.39 is 11.2 Å². The van der Waals surface area contributed by atoms with Crippen LogP contribution in [0, 0.1) is 5.41 Å². The topological polar surface area (TPSA) is 40.5 Å². The van der Waals surface area contributed by atoms with E-state index in [-0.39, 0.29) is 5.41 Å². The van der Waals surface area contributed by atoms with Gasteiger partial charge in [0, 0.05) is 11.8 Å². The molecule has 2 heteroatoms. The van der Waals surface area contributed by atoms with Crippen molar-refractivity contribution in [1.82, 2.24) is 0 Å². The van der Waals surface area contributed by atoms with Crippen LogP contribution in [-0.4, -0.2) is 21.4 Å². The second-order valence-electron chi connectivity index (χ2n) is 4.84. The first-order valence-electron chi connectivity index (χ1n) is 4.46. The lowest BCUT2D eigenvalue weighted by molar-refractivity contribution is -0.0282. The molecule has 12 heavy (non-hydrogen) atoms. The Labute approximate surface area is 72.9 Å². The zero-order valence-corrected chi connectivity index (χ0v) is 7.72. The molecule has 0 spiro atoms. The van der Waals surface area contributed by atoms with Gasteiger partial charge in [-0.05, 0) is 18.4 Å². The van der Waals surface area contributed by atoms with Crippen LogP contribution in [0.25, 0.3) is 0 Å². The van der Waals surface area contributed by atoms with E-state index in [4.69, 9.17) is 0 Å². The number of rotatable bonds is 0. The third-order valence-corrected chi connectivity index (χ3v) is 4.02. The van der Waals surface area contributed by atoms with Crippen molar-refractivity contribution >= 4 is 0 Å². The van der Waals surface area contributed by atoms with Gasteiger partial charge in [-0.1, -0.05) is 20.4 Å². The molecule has 2 nitrogen and oxygen atoms in total. The maximum Gasteiger partial charge on any atom is 0.0889 e. The smallest absolute Gasteiger partial charge is 0.0889 e. The summed E-state index contributed by atoms with van der Waals surface area (Å²) in [4.78, 5) is 0. The van der Waals surface area contributed by atoms with E-state index in [0.717, 1.165) is 5.57 Å². The van der Waals surface area contributed by atoms with Crippen LogP contribution >= 0.6 is 0 Å². The number of aliphatic hydroxyl groups is 2. The Morgan fingerprint density at radius 1 is 1.25 bits per heavy atom. The fourth-order valence-corrected chi connectivity index (χ4v) is 2.73. The van der Waals surface area contributed by atoms with Crippen LogP contribution in [0.3, 0.4) is 0 Å². The molecule has 2 aliphatic carbocycles. The Bertz CT molecular complexity index is 257. The molecule has 2 bridgehead atoms. The number of hydrogen-bond acceptors (Lipinski definition) is 2. The highest BCUT2D eigenvalue weighted by Gasteiger charge is 2.65. The Balaban J connectivity index is 2.51. The predicted molar refractivity (Wildman–Crippen MR) is 46.7 cm³/mol. The summed E-state index contributed by atoms with van der Waals surface area (Å²) in [5.41, 5.74) is -0.999. The monoisotopic (exact) mass is 168 g/mol. The van der Waals surface area contributed by atoms with Gasteiger partial charge in [0.05, 0.1) is 11.2 Å². The van der Waals surface area contributed by atoms with E-state index in [1.807, 2.05) is 13.8 Å². The van der Waals surface area contributed by atoms with E-state index in [9.17, 15) is 10.2 Å². The van der Waals surface area contributed by atoms with Gasteiger partial charge in [-0.2, -0.15) is 0 Å². The highest BCUT2D eigenvalue weighted by atomic mass is 16.3. The molecular formula is C10H16O2. The van der Waals surface area contributed by atoms with Gasteiger partial charge >= 0.3 is 0 Å². The molecule has 2 fully saturated rings. The van der Waals surface area contributed by atoms with Gasteiger partial charge in [-0.3, -0.25) is 0 Å². The number of fused-ring (bicyclic) bond motifs is 2. The summed E-state index contributed by atoms with van der Waals surface area (Å²) in [5, 5.41) is 20.2. The summed E-state index contributed by atoms with van der Waals surface area (Å²) < 4.78 is 0. The second kappa shape index (κ2) is 1.78. The minimum absolute atomic E-state index is 0.319. The summed E-state index contributed by atoms with van der Waals surface area (Å²) in [6, 6.07) is 0. The summed E-state index contributed by atoms with van der Waals surface area (Å²) in [5.74, 6) is 0. The van der Waals surface area contributed by atoms with E-state index >= 15 is 0 Å². The predicted octanol–water partition coefficient (Wildman–Crippen LogP) is 1.23. The molecule has 2 atom stereocenters. The maximum atomic E-state index is 10.2. The molecule has 2 saturated carbocycles. The van der Waals surface area contributed by atoms with Crippen molar-refractivity contribution in [2.24, 2.45) is 5.41 Å². The molecule has 0 saturated heterocycles. The lowest BCUT2D eigenvalue weighted by Crippen LogP contribution is -2.41. The summed E-state index contributed by atoms with van der Waals surface area (Å²) >= 11 is 0. The normalized spacial score (nSPS) is 50.2. The highest BCUT2D eigenvalue weighted by molar-refractivity contribution is 5.36. The van der Waals surface area contributed by atoms with Crippen LogP contribution in [0.5, 0.6) is 0 Å². The fourth-order valence-electron chi connectivity index (χ4n) is 2.73. The maximum absolute atomic E-state index is 10.2. The van der Waals surface area contributed by atoms with Gasteiger partial charge in [0.25, 0.3) is 0 Å². The zero-order chi connectivity index (χ0) is 9.20. The van der Waals surface area contributed by atoms with Gasteiger partial charge in [-0.25, -0.2) is 0 Å². The van der Waals surface area contributed by atoms with Crippen LogP contribution < -0.4 is 0 Å². The largest absolute Gasteiger partial charge is 0.389 e. The average molecular weight is 168 g/mol. The van der Waals surface area contributed by atoms with Crippen molar-refractivity contribution in [2.75, 3.05) is 0 Å². The molecule has 0 radical (unpaired) electrons. The molecule has 0 aliphatic heterocycles. The number of hydrogen-bond donors (Lipinski definition) is 2. The molecule has 0 aromatic rings. The van der Waals surface area contributed by atoms with Crippen LogP contribution in [0.2, 0.25) is 0 Å². The molecule has 2 unspecified atom stereocenters. The second-order valence-corrected chi connectivity index (χ2v) is 4.84. The minimum Gasteiger partial charge on any atom is -0.389 e. The minimum atomic E-state index is -0.780. The zero-order valence-electron chi connectivity index (χ0n) is 7.72. The van der Waals surface area contributed by atoms with Crippen LogP contribution in [0.4, 0.5) is 0 Å². The Morgan fingerprint density at radius 2 is 1.83 bits per heavy atom. The van der Waals surface area contributed by atoms with Gasteiger partial charge in [-0.15, -0.1) is 0 Å². The first-order valence-corrected chi connectivity index (χ1v) is 4.46. The lowest BCUT2D eigenvalue weighted by atomic mass is 9.70. The molecule has 2 N–H and O–H groups in total. The van der Waals surface area contributed by atoms with Gasteiger partial charge in [0.2, 0.25) is 0 Å². The molecular weight excluding hydrogens is 152 g/mol.